The standard InChI is InChI=1S/C24H18ClFN6O3S/c1-31-23(24(33)28-15-8-10-21(26)20(25)11-15)19-9-7-16(12-22(19)29-31)30-36(34,35)18-13-27-32(14-18)17-5-3-2-4-6-17/h2-14,30H,1H3,(H,28,33). The number of hydrogen-bond acceptors (Lipinski definition) is 5. The molecule has 5 rings (SSSR count). The van der Waals surface area contributed by atoms with Crippen molar-refractivity contribution < 1.29 is 17.6 Å². The molecule has 9 nitrogen and oxygen atoms in total. The number of rotatable bonds is 6. The fourth-order valence-electron chi connectivity index (χ4n) is 3.68. The van der Waals surface area contributed by atoms with Gasteiger partial charge in [0.15, 0.2) is 0 Å². The Labute approximate surface area is 210 Å². The number of fused-ring (bicyclic) bond motifs is 1. The van der Waals surface area contributed by atoms with Gasteiger partial charge in [0.25, 0.3) is 15.9 Å². The lowest BCUT2D eigenvalue weighted by atomic mass is 10.2. The van der Waals surface area contributed by atoms with Crippen LogP contribution in [0.3, 0.4) is 0 Å². The minimum Gasteiger partial charge on any atom is -0.321 e. The highest BCUT2D eigenvalue weighted by Gasteiger charge is 2.20. The normalized spacial score (nSPS) is 11.5. The average Bonchev–Trinajstić information content (AvgIpc) is 3.46. The molecule has 2 N–H and O–H groups in total. The summed E-state index contributed by atoms with van der Waals surface area (Å²) >= 11 is 5.79. The van der Waals surface area contributed by atoms with Gasteiger partial charge in [0.1, 0.15) is 16.4 Å². The second-order valence-corrected chi connectivity index (χ2v) is 9.94. The lowest BCUT2D eigenvalue weighted by Gasteiger charge is -2.07. The molecule has 0 radical (unpaired) electrons. The molecule has 12 heteroatoms. The smallest absolute Gasteiger partial charge is 0.274 e. The Morgan fingerprint density at radius 1 is 1.03 bits per heavy atom. The van der Waals surface area contributed by atoms with E-state index in [1.54, 1.807) is 13.1 Å². The van der Waals surface area contributed by atoms with Gasteiger partial charge in [0.05, 0.1) is 34.3 Å². The van der Waals surface area contributed by atoms with Crippen LogP contribution >= 0.6 is 11.6 Å². The number of benzene rings is 3. The number of amides is 1. The van der Waals surface area contributed by atoms with E-state index in [2.05, 4.69) is 20.2 Å². The summed E-state index contributed by atoms with van der Waals surface area (Å²) in [5, 5.41) is 11.5. The second-order valence-electron chi connectivity index (χ2n) is 7.85. The number of sulfonamides is 1. The molecule has 2 aromatic heterocycles. The first-order valence-corrected chi connectivity index (χ1v) is 12.4. The molecular weight excluding hydrogens is 507 g/mol. The van der Waals surface area contributed by atoms with E-state index in [0.717, 1.165) is 11.8 Å². The summed E-state index contributed by atoms with van der Waals surface area (Å²) in [6.45, 7) is 0. The van der Waals surface area contributed by atoms with E-state index in [1.165, 1.54) is 46.0 Å². The van der Waals surface area contributed by atoms with Crippen molar-refractivity contribution in [3.8, 4) is 5.69 Å². The molecule has 182 valence electrons. The van der Waals surface area contributed by atoms with E-state index in [4.69, 9.17) is 11.6 Å². The van der Waals surface area contributed by atoms with Crippen molar-refractivity contribution in [2.75, 3.05) is 10.0 Å². The number of para-hydroxylation sites is 1. The molecule has 0 aliphatic carbocycles. The summed E-state index contributed by atoms with van der Waals surface area (Å²) in [5.74, 6) is -1.08. The van der Waals surface area contributed by atoms with Crippen LogP contribution in [0, 0.1) is 5.82 Å². The Kier molecular flexibility index (Phi) is 5.94. The quantitative estimate of drug-likeness (QED) is 0.337. The first-order chi connectivity index (χ1) is 17.2. The van der Waals surface area contributed by atoms with Gasteiger partial charge in [-0.15, -0.1) is 0 Å². The molecule has 0 fully saturated rings. The molecule has 5 aromatic rings. The van der Waals surface area contributed by atoms with Crippen LogP contribution in [0.4, 0.5) is 15.8 Å². The van der Waals surface area contributed by atoms with E-state index in [-0.39, 0.29) is 21.3 Å². The molecule has 0 bridgehead atoms. The molecule has 0 unspecified atom stereocenters. The van der Waals surface area contributed by atoms with Gasteiger partial charge in [0, 0.05) is 18.1 Å². The van der Waals surface area contributed by atoms with Crippen molar-refractivity contribution in [2.45, 2.75) is 4.90 Å². The summed E-state index contributed by atoms with van der Waals surface area (Å²) in [6, 6.07) is 17.6. The third-order valence-electron chi connectivity index (χ3n) is 5.37. The summed E-state index contributed by atoms with van der Waals surface area (Å²) in [4.78, 5) is 12.9. The zero-order chi connectivity index (χ0) is 25.4. The van der Waals surface area contributed by atoms with Crippen LogP contribution in [0.15, 0.2) is 84.0 Å². The topological polar surface area (TPSA) is 111 Å². The molecule has 0 saturated carbocycles. The predicted octanol–water partition coefficient (Wildman–Crippen LogP) is 4.60. The fraction of sp³-hybridized carbons (Fsp3) is 0.0417. The van der Waals surface area contributed by atoms with Gasteiger partial charge in [-0.2, -0.15) is 10.2 Å². The Morgan fingerprint density at radius 2 is 1.78 bits per heavy atom. The van der Waals surface area contributed by atoms with Gasteiger partial charge >= 0.3 is 0 Å². The Hall–Kier alpha value is -4.22. The van der Waals surface area contributed by atoms with E-state index in [0.29, 0.717) is 16.6 Å². The summed E-state index contributed by atoms with van der Waals surface area (Å²) in [7, 11) is -2.34. The Bertz CT molecular complexity index is 1720. The Morgan fingerprint density at radius 3 is 2.53 bits per heavy atom. The van der Waals surface area contributed by atoms with Crippen molar-refractivity contribution in [2.24, 2.45) is 7.05 Å². The number of nitrogens with zero attached hydrogens (tertiary/aromatic N) is 4. The number of nitrogens with one attached hydrogen (secondary N) is 2. The molecule has 0 aliphatic heterocycles. The van der Waals surface area contributed by atoms with Crippen LogP contribution in [-0.2, 0) is 17.1 Å². The number of halogens is 2. The highest BCUT2D eigenvalue weighted by molar-refractivity contribution is 7.92. The van der Waals surface area contributed by atoms with Gasteiger partial charge in [-0.05, 0) is 48.5 Å². The minimum absolute atomic E-state index is 0.00880. The van der Waals surface area contributed by atoms with Crippen molar-refractivity contribution in [1.82, 2.24) is 19.6 Å². The molecule has 3 aromatic carbocycles. The van der Waals surface area contributed by atoms with Gasteiger partial charge in [-0.1, -0.05) is 29.8 Å². The maximum atomic E-state index is 13.4. The molecule has 1 amide bonds. The van der Waals surface area contributed by atoms with Gasteiger partial charge in [-0.25, -0.2) is 17.5 Å². The number of carbonyl (C=O) groups excluding carboxylic acids is 1. The number of carbonyl (C=O) groups is 1. The molecule has 2 heterocycles. The number of aryl methyl sites for hydroxylation is 1. The van der Waals surface area contributed by atoms with Crippen LogP contribution in [0.1, 0.15) is 10.5 Å². The maximum Gasteiger partial charge on any atom is 0.274 e. The monoisotopic (exact) mass is 524 g/mol. The van der Waals surface area contributed by atoms with Gasteiger partial charge in [-0.3, -0.25) is 14.2 Å². The number of hydrogen-bond donors (Lipinski definition) is 2. The fourth-order valence-corrected chi connectivity index (χ4v) is 4.84. The summed E-state index contributed by atoms with van der Waals surface area (Å²) in [5.41, 5.74) is 1.96. The van der Waals surface area contributed by atoms with E-state index >= 15 is 0 Å². The van der Waals surface area contributed by atoms with Crippen molar-refractivity contribution in [3.05, 3.63) is 95.7 Å². The zero-order valence-electron chi connectivity index (χ0n) is 18.7. The molecule has 36 heavy (non-hydrogen) atoms. The van der Waals surface area contributed by atoms with E-state index in [9.17, 15) is 17.6 Å². The SMILES string of the molecule is Cn1nc2cc(NS(=O)(=O)c3cnn(-c4ccccc4)c3)ccc2c1C(=O)Nc1ccc(F)c(Cl)c1. The number of aromatic nitrogens is 4. The van der Waals surface area contributed by atoms with Crippen LogP contribution < -0.4 is 10.0 Å². The van der Waals surface area contributed by atoms with Gasteiger partial charge < -0.3 is 5.32 Å². The van der Waals surface area contributed by atoms with Crippen molar-refractivity contribution in [1.29, 1.82) is 0 Å². The Balaban J connectivity index is 1.39. The van der Waals surface area contributed by atoms with Crippen LogP contribution in [0.5, 0.6) is 0 Å². The third-order valence-corrected chi connectivity index (χ3v) is 6.99. The molecular formula is C24H18ClFN6O3S. The first-order valence-electron chi connectivity index (χ1n) is 10.6. The number of anilines is 2. The minimum atomic E-state index is -3.93. The summed E-state index contributed by atoms with van der Waals surface area (Å²) in [6.07, 6.45) is 2.68. The zero-order valence-corrected chi connectivity index (χ0v) is 20.3. The largest absolute Gasteiger partial charge is 0.321 e. The first kappa shape index (κ1) is 23.5. The van der Waals surface area contributed by atoms with Gasteiger partial charge in [0.2, 0.25) is 0 Å². The van der Waals surface area contributed by atoms with E-state index in [1.807, 2.05) is 30.3 Å². The molecule has 0 aliphatic rings. The van der Waals surface area contributed by atoms with Crippen molar-refractivity contribution >= 4 is 49.8 Å². The second kappa shape index (κ2) is 9.10. The third kappa shape index (κ3) is 4.53. The highest BCUT2D eigenvalue weighted by Crippen LogP contribution is 2.26. The highest BCUT2D eigenvalue weighted by atomic mass is 35.5. The summed E-state index contributed by atoms with van der Waals surface area (Å²) < 4.78 is 44.6. The van der Waals surface area contributed by atoms with Crippen LogP contribution in [-0.4, -0.2) is 33.9 Å². The maximum absolute atomic E-state index is 13.4. The molecule has 0 spiro atoms. The van der Waals surface area contributed by atoms with Crippen LogP contribution in [0.2, 0.25) is 5.02 Å². The molecule has 0 atom stereocenters. The molecule has 0 saturated heterocycles. The van der Waals surface area contributed by atoms with E-state index < -0.39 is 21.7 Å². The lowest BCUT2D eigenvalue weighted by Crippen LogP contribution is -2.16. The average molecular weight is 525 g/mol. The van der Waals surface area contributed by atoms with Crippen molar-refractivity contribution in [3.63, 3.8) is 0 Å². The predicted molar refractivity (Wildman–Crippen MR) is 134 cm³/mol. The van der Waals surface area contributed by atoms with Crippen LogP contribution in [0.25, 0.3) is 16.6 Å². The lowest BCUT2D eigenvalue weighted by molar-refractivity contribution is 0.101.